The fourth-order valence-electron chi connectivity index (χ4n) is 8.04. The van der Waals surface area contributed by atoms with E-state index in [1.54, 1.807) is 6.20 Å². The molecule has 58 heavy (non-hydrogen) atoms. The van der Waals surface area contributed by atoms with Gasteiger partial charge in [-0.2, -0.15) is 0 Å². The SMILES string of the molecule is [Ir].[c-]1ccc(Oc2cc(-c3ccc(-n4c5ccccc5c5ncccc54)cc3)cc(-c3ccc(-n4c5ccccc5c5ncccc54)cc3)c2)cc1-c1ccccn1. The average molecular weight is 923 g/mol. The minimum atomic E-state index is 0. The zero-order chi connectivity index (χ0) is 37.7. The van der Waals surface area contributed by atoms with Crippen molar-refractivity contribution in [3.63, 3.8) is 0 Å². The Balaban J connectivity index is 0.00000408. The van der Waals surface area contributed by atoms with E-state index in [4.69, 9.17) is 14.7 Å². The van der Waals surface area contributed by atoms with Gasteiger partial charge in [-0.05, 0) is 113 Å². The van der Waals surface area contributed by atoms with Gasteiger partial charge in [-0.1, -0.05) is 72.8 Å². The summed E-state index contributed by atoms with van der Waals surface area (Å²) in [5, 5.41) is 2.27. The van der Waals surface area contributed by atoms with E-state index in [2.05, 4.69) is 148 Å². The van der Waals surface area contributed by atoms with Crippen LogP contribution in [-0.4, -0.2) is 24.1 Å². The molecule has 0 amide bonds. The fraction of sp³-hybridized carbons (Fsp3) is 0. The molecule has 0 saturated carbocycles. The van der Waals surface area contributed by atoms with Gasteiger partial charge in [0.2, 0.25) is 0 Å². The zero-order valence-corrected chi connectivity index (χ0v) is 33.3. The van der Waals surface area contributed by atoms with Crippen LogP contribution in [0.4, 0.5) is 0 Å². The Morgan fingerprint density at radius 1 is 0.414 bits per heavy atom. The number of benzene rings is 6. The van der Waals surface area contributed by atoms with E-state index in [9.17, 15) is 0 Å². The predicted molar refractivity (Wildman–Crippen MR) is 230 cm³/mol. The average Bonchev–Trinajstić information content (AvgIpc) is 3.80. The number of para-hydroxylation sites is 2. The Hall–Kier alpha value is -7.18. The van der Waals surface area contributed by atoms with Crippen LogP contribution in [0.5, 0.6) is 11.5 Å². The van der Waals surface area contributed by atoms with Gasteiger partial charge in [0.25, 0.3) is 0 Å². The van der Waals surface area contributed by atoms with Crippen molar-refractivity contribution in [2.45, 2.75) is 0 Å². The second-order valence-corrected chi connectivity index (χ2v) is 14.0. The van der Waals surface area contributed by atoms with Crippen LogP contribution in [0.3, 0.4) is 0 Å². The van der Waals surface area contributed by atoms with Gasteiger partial charge in [-0.15, -0.1) is 29.8 Å². The largest absolute Gasteiger partial charge is 0.477 e. The number of aromatic nitrogens is 5. The molecule has 0 atom stereocenters. The molecule has 0 aliphatic rings. The monoisotopic (exact) mass is 923 g/mol. The molecule has 1 radical (unpaired) electrons. The molecule has 6 aromatic carbocycles. The summed E-state index contributed by atoms with van der Waals surface area (Å²) in [7, 11) is 0. The quantitative estimate of drug-likeness (QED) is 0.149. The Bertz CT molecular complexity index is 2980. The van der Waals surface area contributed by atoms with Crippen LogP contribution in [0.2, 0.25) is 0 Å². The molecule has 0 N–H and O–H groups in total. The van der Waals surface area contributed by atoms with Crippen molar-refractivity contribution in [2.75, 3.05) is 0 Å². The summed E-state index contributed by atoms with van der Waals surface area (Å²) in [4.78, 5) is 14.0. The molecule has 0 aliphatic carbocycles. The maximum absolute atomic E-state index is 6.65. The third-order valence-corrected chi connectivity index (χ3v) is 10.6. The molecule has 6 nitrogen and oxygen atoms in total. The summed E-state index contributed by atoms with van der Waals surface area (Å²) in [6.45, 7) is 0. The number of pyridine rings is 3. The summed E-state index contributed by atoms with van der Waals surface area (Å²) < 4.78 is 11.2. The van der Waals surface area contributed by atoms with E-state index in [0.717, 1.165) is 94.5 Å². The van der Waals surface area contributed by atoms with Crippen molar-refractivity contribution in [1.82, 2.24) is 24.1 Å². The molecule has 0 spiro atoms. The standard InChI is InChI=1S/C51H32N5O.Ir/c1-3-15-46-43(12-1)50-48(17-8-28-53-50)55(46)39-23-19-34(20-24-39)37-30-38(33-42(32-37)57-41-11-7-10-36(31-41)45-14-5-6-27-52-45)35-21-25-40(26-22-35)56-47-16-4-2-13-44(47)51-49(56)18-9-29-54-51;/h1-9,11-33H;/q-1;. The smallest absolute Gasteiger partial charge is 0.126 e. The zero-order valence-electron chi connectivity index (χ0n) is 31.0. The summed E-state index contributed by atoms with van der Waals surface area (Å²) >= 11 is 0. The van der Waals surface area contributed by atoms with E-state index < -0.39 is 0 Å². The van der Waals surface area contributed by atoms with Crippen molar-refractivity contribution in [3.05, 3.63) is 201 Å². The molecule has 5 heterocycles. The summed E-state index contributed by atoms with van der Waals surface area (Å²) in [6.07, 6.45) is 5.51. The third-order valence-electron chi connectivity index (χ3n) is 10.6. The van der Waals surface area contributed by atoms with E-state index in [-0.39, 0.29) is 20.1 Å². The molecule has 11 aromatic rings. The first-order chi connectivity index (χ1) is 28.2. The summed E-state index contributed by atoms with van der Waals surface area (Å²) in [5.74, 6) is 1.44. The van der Waals surface area contributed by atoms with Gasteiger partial charge < -0.3 is 18.9 Å². The van der Waals surface area contributed by atoms with Crippen molar-refractivity contribution < 1.29 is 24.8 Å². The Morgan fingerprint density at radius 3 is 1.48 bits per heavy atom. The molecule has 0 bridgehead atoms. The van der Waals surface area contributed by atoms with Gasteiger partial charge in [-0.25, -0.2) is 0 Å². The van der Waals surface area contributed by atoms with E-state index >= 15 is 0 Å². The van der Waals surface area contributed by atoms with Crippen molar-refractivity contribution in [3.8, 4) is 56.4 Å². The van der Waals surface area contributed by atoms with Crippen molar-refractivity contribution >= 4 is 43.9 Å². The van der Waals surface area contributed by atoms with Gasteiger partial charge in [-0.3, -0.25) is 9.97 Å². The maximum Gasteiger partial charge on any atom is 0.126 e. The van der Waals surface area contributed by atoms with E-state index in [1.807, 2.05) is 60.9 Å². The molecule has 7 heteroatoms. The first kappa shape index (κ1) is 35.2. The Labute approximate surface area is 348 Å². The molecule has 5 aromatic heterocycles. The van der Waals surface area contributed by atoms with Gasteiger partial charge in [0.15, 0.2) is 0 Å². The van der Waals surface area contributed by atoms with E-state index in [0.29, 0.717) is 5.75 Å². The maximum atomic E-state index is 6.65. The topological polar surface area (TPSA) is 57.8 Å². The molecule has 277 valence electrons. The number of rotatable bonds is 7. The van der Waals surface area contributed by atoms with Crippen LogP contribution in [0.15, 0.2) is 195 Å². The first-order valence-corrected chi connectivity index (χ1v) is 18.9. The number of fused-ring (bicyclic) bond motifs is 6. The summed E-state index contributed by atoms with van der Waals surface area (Å²) in [6, 6.07) is 64.1. The second-order valence-electron chi connectivity index (χ2n) is 14.0. The van der Waals surface area contributed by atoms with Crippen LogP contribution in [-0.2, 0) is 20.1 Å². The minimum absolute atomic E-state index is 0. The Morgan fingerprint density at radius 2 is 0.931 bits per heavy atom. The fourth-order valence-corrected chi connectivity index (χ4v) is 8.04. The molecule has 0 unspecified atom stereocenters. The molecule has 0 fully saturated rings. The van der Waals surface area contributed by atoms with Gasteiger partial charge in [0.05, 0.1) is 33.1 Å². The van der Waals surface area contributed by atoms with Crippen LogP contribution in [0.25, 0.3) is 88.8 Å². The van der Waals surface area contributed by atoms with Crippen molar-refractivity contribution in [2.24, 2.45) is 0 Å². The number of hydrogen-bond acceptors (Lipinski definition) is 4. The molecule has 0 saturated heterocycles. The van der Waals surface area contributed by atoms with E-state index in [1.165, 1.54) is 0 Å². The van der Waals surface area contributed by atoms with Crippen LogP contribution >= 0.6 is 0 Å². The van der Waals surface area contributed by atoms with Gasteiger partial charge in [0.1, 0.15) is 5.75 Å². The van der Waals surface area contributed by atoms with Crippen LogP contribution in [0.1, 0.15) is 0 Å². The molecular formula is C51H32IrN5O-. The second kappa shape index (κ2) is 14.7. The van der Waals surface area contributed by atoms with Gasteiger partial charge >= 0.3 is 0 Å². The van der Waals surface area contributed by atoms with Crippen LogP contribution in [0, 0.1) is 6.07 Å². The minimum Gasteiger partial charge on any atom is -0.477 e. The van der Waals surface area contributed by atoms with Crippen LogP contribution < -0.4 is 4.74 Å². The predicted octanol–water partition coefficient (Wildman–Crippen LogP) is 12.7. The summed E-state index contributed by atoms with van der Waals surface area (Å²) in [5.41, 5.74) is 14.5. The first-order valence-electron chi connectivity index (χ1n) is 18.9. The third kappa shape index (κ3) is 6.14. The molecule has 11 rings (SSSR count). The number of ether oxygens (including phenoxy) is 1. The number of nitrogens with zero attached hydrogens (tertiary/aromatic N) is 5. The molecule has 0 aliphatic heterocycles. The van der Waals surface area contributed by atoms with Crippen molar-refractivity contribution in [1.29, 1.82) is 0 Å². The molecular weight excluding hydrogens is 891 g/mol. The van der Waals surface area contributed by atoms with Gasteiger partial charge in [0, 0.05) is 66.6 Å². The number of hydrogen-bond donors (Lipinski definition) is 0. The normalized spacial score (nSPS) is 11.3. The Kier molecular flexibility index (Phi) is 8.94.